The van der Waals surface area contributed by atoms with Crippen molar-refractivity contribution in [1.29, 1.82) is 0 Å². The second-order valence-electron chi connectivity index (χ2n) is 5.75. The van der Waals surface area contributed by atoms with E-state index in [1.165, 1.54) is 26.5 Å². The summed E-state index contributed by atoms with van der Waals surface area (Å²) >= 11 is 0. The Kier molecular flexibility index (Phi) is 5.21. The minimum absolute atomic E-state index is 0.207. The average molecular weight is 365 g/mol. The number of methoxy groups -OCH3 is 2. The number of amides is 1. The van der Waals surface area contributed by atoms with Crippen LogP contribution < -0.4 is 10.1 Å². The van der Waals surface area contributed by atoms with Crippen LogP contribution in [0.3, 0.4) is 0 Å². The Morgan fingerprint density at radius 1 is 1.04 bits per heavy atom. The third-order valence-corrected chi connectivity index (χ3v) is 4.14. The standard InChI is InChI=1S/C20H19N3O4/c1-13-17(12-21-23(13)14-7-5-4-6-8-14)19(24)22-18-10-9-15(26-2)11-16(18)20(25)27-3/h4-12H,1-3H3,(H,22,24). The lowest BCUT2D eigenvalue weighted by Gasteiger charge is -2.11. The summed E-state index contributed by atoms with van der Waals surface area (Å²) in [6.45, 7) is 1.81. The van der Waals surface area contributed by atoms with Gasteiger partial charge in [0, 0.05) is 0 Å². The van der Waals surface area contributed by atoms with Gasteiger partial charge < -0.3 is 14.8 Å². The number of carbonyl (C=O) groups excluding carboxylic acids is 2. The van der Waals surface area contributed by atoms with Crippen molar-refractivity contribution in [2.45, 2.75) is 6.92 Å². The average Bonchev–Trinajstić information content (AvgIpc) is 3.09. The molecular formula is C20H19N3O4. The molecule has 7 heteroatoms. The van der Waals surface area contributed by atoms with E-state index in [4.69, 9.17) is 9.47 Å². The number of benzene rings is 2. The molecule has 1 amide bonds. The van der Waals surface area contributed by atoms with E-state index in [1.807, 2.05) is 37.3 Å². The van der Waals surface area contributed by atoms with Crippen molar-refractivity contribution >= 4 is 17.6 Å². The molecule has 1 heterocycles. The Hall–Kier alpha value is -3.61. The van der Waals surface area contributed by atoms with Crippen LogP contribution in [0.15, 0.2) is 54.7 Å². The van der Waals surface area contributed by atoms with Gasteiger partial charge in [0.15, 0.2) is 0 Å². The summed E-state index contributed by atoms with van der Waals surface area (Å²) in [5, 5.41) is 7.04. The van der Waals surface area contributed by atoms with Gasteiger partial charge in [-0.1, -0.05) is 18.2 Å². The number of nitrogens with one attached hydrogen (secondary N) is 1. The van der Waals surface area contributed by atoms with E-state index >= 15 is 0 Å². The Labute approximate surface area is 156 Å². The number of nitrogens with zero attached hydrogens (tertiary/aromatic N) is 2. The molecule has 0 aliphatic rings. The van der Waals surface area contributed by atoms with Crippen LogP contribution in [0.1, 0.15) is 26.4 Å². The smallest absolute Gasteiger partial charge is 0.340 e. The second-order valence-corrected chi connectivity index (χ2v) is 5.75. The highest BCUT2D eigenvalue weighted by molar-refractivity contribution is 6.08. The molecule has 1 N–H and O–H groups in total. The minimum atomic E-state index is -0.569. The number of carbonyl (C=O) groups is 2. The van der Waals surface area contributed by atoms with Gasteiger partial charge in [0.25, 0.3) is 5.91 Å². The highest BCUT2D eigenvalue weighted by Gasteiger charge is 2.19. The molecule has 0 aliphatic carbocycles. The van der Waals surface area contributed by atoms with Gasteiger partial charge in [-0.3, -0.25) is 4.79 Å². The van der Waals surface area contributed by atoms with Gasteiger partial charge in [-0.25, -0.2) is 9.48 Å². The van der Waals surface area contributed by atoms with Crippen molar-refractivity contribution in [3.8, 4) is 11.4 Å². The molecule has 0 saturated heterocycles. The van der Waals surface area contributed by atoms with Gasteiger partial charge >= 0.3 is 5.97 Å². The molecular weight excluding hydrogens is 346 g/mol. The van der Waals surface area contributed by atoms with E-state index in [2.05, 4.69) is 10.4 Å². The van der Waals surface area contributed by atoms with Crippen molar-refractivity contribution in [3.63, 3.8) is 0 Å². The zero-order chi connectivity index (χ0) is 19.4. The number of hydrogen-bond donors (Lipinski definition) is 1. The predicted octanol–water partition coefficient (Wildman–Crippen LogP) is 3.23. The van der Waals surface area contributed by atoms with E-state index in [-0.39, 0.29) is 11.5 Å². The van der Waals surface area contributed by atoms with Gasteiger partial charge in [0.05, 0.1) is 48.6 Å². The van der Waals surface area contributed by atoms with Gasteiger partial charge in [0.1, 0.15) is 5.75 Å². The molecule has 3 aromatic rings. The summed E-state index contributed by atoms with van der Waals surface area (Å²) in [7, 11) is 2.78. The van der Waals surface area contributed by atoms with E-state index in [9.17, 15) is 9.59 Å². The number of ether oxygens (including phenoxy) is 2. The molecule has 0 atom stereocenters. The van der Waals surface area contributed by atoms with Crippen LogP contribution in [0.4, 0.5) is 5.69 Å². The zero-order valence-electron chi connectivity index (χ0n) is 15.2. The first-order valence-corrected chi connectivity index (χ1v) is 8.23. The van der Waals surface area contributed by atoms with E-state index < -0.39 is 5.97 Å². The van der Waals surface area contributed by atoms with Gasteiger partial charge in [-0.05, 0) is 37.3 Å². The maximum absolute atomic E-state index is 12.7. The molecule has 0 saturated carbocycles. The third-order valence-electron chi connectivity index (χ3n) is 4.14. The maximum Gasteiger partial charge on any atom is 0.340 e. The highest BCUT2D eigenvalue weighted by Crippen LogP contribution is 2.24. The van der Waals surface area contributed by atoms with E-state index in [0.29, 0.717) is 22.7 Å². The fourth-order valence-electron chi connectivity index (χ4n) is 2.69. The predicted molar refractivity (Wildman–Crippen MR) is 101 cm³/mol. The first-order valence-electron chi connectivity index (χ1n) is 8.23. The Balaban J connectivity index is 1.91. The van der Waals surface area contributed by atoms with Crippen molar-refractivity contribution in [3.05, 3.63) is 71.5 Å². The molecule has 0 unspecified atom stereocenters. The van der Waals surface area contributed by atoms with Gasteiger partial charge in [0.2, 0.25) is 0 Å². The van der Waals surface area contributed by atoms with Crippen molar-refractivity contribution < 1.29 is 19.1 Å². The van der Waals surface area contributed by atoms with Crippen LogP contribution in [0.2, 0.25) is 0 Å². The van der Waals surface area contributed by atoms with E-state index in [1.54, 1.807) is 16.8 Å². The number of aromatic nitrogens is 2. The van der Waals surface area contributed by atoms with Crippen LogP contribution in [-0.4, -0.2) is 35.9 Å². The molecule has 0 spiro atoms. The van der Waals surface area contributed by atoms with Crippen LogP contribution >= 0.6 is 0 Å². The molecule has 0 fully saturated rings. The van der Waals surface area contributed by atoms with Gasteiger partial charge in [-0.2, -0.15) is 5.10 Å². The lowest BCUT2D eigenvalue weighted by Crippen LogP contribution is -2.16. The fraction of sp³-hybridized carbons (Fsp3) is 0.150. The summed E-state index contributed by atoms with van der Waals surface area (Å²) < 4.78 is 11.6. The highest BCUT2D eigenvalue weighted by atomic mass is 16.5. The molecule has 7 nitrogen and oxygen atoms in total. The molecule has 0 aliphatic heterocycles. The summed E-state index contributed by atoms with van der Waals surface area (Å²) in [5.41, 5.74) is 2.49. The van der Waals surface area contributed by atoms with Crippen molar-refractivity contribution in [2.75, 3.05) is 19.5 Å². The molecule has 3 rings (SSSR count). The van der Waals surface area contributed by atoms with Crippen molar-refractivity contribution in [1.82, 2.24) is 9.78 Å². The Morgan fingerprint density at radius 2 is 1.78 bits per heavy atom. The molecule has 2 aromatic carbocycles. The van der Waals surface area contributed by atoms with Gasteiger partial charge in [-0.15, -0.1) is 0 Å². The van der Waals surface area contributed by atoms with Crippen LogP contribution in [0, 0.1) is 6.92 Å². The molecule has 1 aromatic heterocycles. The SMILES string of the molecule is COC(=O)c1cc(OC)ccc1NC(=O)c1cnn(-c2ccccc2)c1C. The number of rotatable bonds is 5. The summed E-state index contributed by atoms with van der Waals surface area (Å²) in [5.74, 6) is -0.451. The lowest BCUT2D eigenvalue weighted by molar-refractivity contribution is 0.0601. The molecule has 27 heavy (non-hydrogen) atoms. The topological polar surface area (TPSA) is 82.4 Å². The number of para-hydroxylation sites is 1. The number of hydrogen-bond acceptors (Lipinski definition) is 5. The third kappa shape index (κ3) is 3.67. The van der Waals surface area contributed by atoms with Crippen LogP contribution in [-0.2, 0) is 4.74 Å². The lowest BCUT2D eigenvalue weighted by atomic mass is 10.1. The summed E-state index contributed by atoms with van der Waals surface area (Å²) in [4.78, 5) is 24.8. The summed E-state index contributed by atoms with van der Waals surface area (Å²) in [6.07, 6.45) is 1.50. The molecule has 0 bridgehead atoms. The maximum atomic E-state index is 12.7. The molecule has 138 valence electrons. The first-order chi connectivity index (χ1) is 13.0. The Morgan fingerprint density at radius 3 is 2.44 bits per heavy atom. The summed E-state index contributed by atoms with van der Waals surface area (Å²) in [6, 6.07) is 14.3. The van der Waals surface area contributed by atoms with Crippen molar-refractivity contribution in [2.24, 2.45) is 0 Å². The van der Waals surface area contributed by atoms with Crippen LogP contribution in [0.25, 0.3) is 5.69 Å². The number of esters is 1. The minimum Gasteiger partial charge on any atom is -0.497 e. The monoisotopic (exact) mass is 365 g/mol. The fourth-order valence-corrected chi connectivity index (χ4v) is 2.69. The largest absolute Gasteiger partial charge is 0.497 e. The number of anilines is 1. The van der Waals surface area contributed by atoms with E-state index in [0.717, 1.165) is 5.69 Å². The zero-order valence-corrected chi connectivity index (χ0v) is 15.2. The molecule has 0 radical (unpaired) electrons. The normalized spacial score (nSPS) is 10.3. The quantitative estimate of drug-likeness (QED) is 0.702. The van der Waals surface area contributed by atoms with Crippen LogP contribution in [0.5, 0.6) is 5.75 Å². The first kappa shape index (κ1) is 18.2. The second kappa shape index (κ2) is 7.74. The Bertz CT molecular complexity index is 980.